The lowest BCUT2D eigenvalue weighted by atomic mass is 10.1. The number of nitrogens with one attached hydrogen (secondary N) is 2. The van der Waals surface area contributed by atoms with Crippen LogP contribution in [0.25, 0.3) is 0 Å². The van der Waals surface area contributed by atoms with Crippen LogP contribution in [-0.4, -0.2) is 17.9 Å². The highest BCUT2D eigenvalue weighted by atomic mass is 16.2. The maximum absolute atomic E-state index is 12.3. The fourth-order valence-corrected chi connectivity index (χ4v) is 2.23. The standard InChI is InChI=1S/C19H22N2O2/c1-4-15-9-7-10-16(12-15)19(23)20-14(3)18(22)21-17-11-6-5-8-13(17)2/h5-12,14H,4H2,1-3H3,(H,20,23)(H,21,22). The minimum absolute atomic E-state index is 0.237. The Bertz CT molecular complexity index is 710. The van der Waals surface area contributed by atoms with Gasteiger partial charge in [0.05, 0.1) is 0 Å². The van der Waals surface area contributed by atoms with Crippen LogP contribution < -0.4 is 10.6 Å². The van der Waals surface area contributed by atoms with Gasteiger partial charge in [-0.15, -0.1) is 0 Å². The minimum atomic E-state index is -0.618. The Morgan fingerprint density at radius 2 is 1.83 bits per heavy atom. The van der Waals surface area contributed by atoms with Gasteiger partial charge < -0.3 is 10.6 Å². The van der Waals surface area contributed by atoms with Crippen LogP contribution in [-0.2, 0) is 11.2 Å². The molecular weight excluding hydrogens is 288 g/mol. The van der Waals surface area contributed by atoms with Crippen molar-refractivity contribution >= 4 is 17.5 Å². The Labute approximate surface area is 136 Å². The average molecular weight is 310 g/mol. The highest BCUT2D eigenvalue weighted by molar-refractivity contribution is 6.01. The summed E-state index contributed by atoms with van der Waals surface area (Å²) >= 11 is 0. The van der Waals surface area contributed by atoms with Crippen molar-refractivity contribution in [2.75, 3.05) is 5.32 Å². The average Bonchev–Trinajstić information content (AvgIpc) is 2.56. The highest BCUT2D eigenvalue weighted by Crippen LogP contribution is 2.13. The van der Waals surface area contributed by atoms with Crippen LogP contribution in [0, 0.1) is 6.92 Å². The molecule has 1 atom stereocenters. The van der Waals surface area contributed by atoms with Crippen molar-refractivity contribution in [2.45, 2.75) is 33.2 Å². The van der Waals surface area contributed by atoms with Crippen LogP contribution in [0.15, 0.2) is 48.5 Å². The molecule has 23 heavy (non-hydrogen) atoms. The molecule has 4 heteroatoms. The SMILES string of the molecule is CCc1cccc(C(=O)NC(C)C(=O)Nc2ccccc2C)c1. The van der Waals surface area contributed by atoms with E-state index in [1.807, 2.05) is 56.3 Å². The first-order valence-corrected chi connectivity index (χ1v) is 7.77. The molecular formula is C19H22N2O2. The molecule has 2 aromatic rings. The summed E-state index contributed by atoms with van der Waals surface area (Å²) in [5.41, 5.74) is 3.40. The van der Waals surface area contributed by atoms with E-state index in [0.29, 0.717) is 5.56 Å². The summed E-state index contributed by atoms with van der Waals surface area (Å²) in [5, 5.41) is 5.57. The Morgan fingerprint density at radius 3 is 2.52 bits per heavy atom. The number of amides is 2. The zero-order valence-corrected chi connectivity index (χ0v) is 13.7. The zero-order chi connectivity index (χ0) is 16.8. The fraction of sp³-hybridized carbons (Fsp3) is 0.263. The third-order valence-corrected chi connectivity index (χ3v) is 3.74. The van der Waals surface area contributed by atoms with Gasteiger partial charge in [0.25, 0.3) is 5.91 Å². The molecule has 0 aliphatic heterocycles. The second-order valence-corrected chi connectivity index (χ2v) is 5.55. The first kappa shape index (κ1) is 16.7. The summed E-state index contributed by atoms with van der Waals surface area (Å²) in [4.78, 5) is 24.5. The van der Waals surface area contributed by atoms with E-state index in [-0.39, 0.29) is 11.8 Å². The summed E-state index contributed by atoms with van der Waals surface area (Å²) < 4.78 is 0. The van der Waals surface area contributed by atoms with Crippen molar-refractivity contribution < 1.29 is 9.59 Å². The van der Waals surface area contributed by atoms with Gasteiger partial charge in [0, 0.05) is 11.3 Å². The van der Waals surface area contributed by atoms with E-state index in [9.17, 15) is 9.59 Å². The van der Waals surface area contributed by atoms with Crippen molar-refractivity contribution in [3.05, 3.63) is 65.2 Å². The second-order valence-electron chi connectivity index (χ2n) is 5.55. The third kappa shape index (κ3) is 4.42. The van der Waals surface area contributed by atoms with Crippen molar-refractivity contribution in [3.8, 4) is 0 Å². The monoisotopic (exact) mass is 310 g/mol. The Morgan fingerprint density at radius 1 is 1.09 bits per heavy atom. The van der Waals surface area contributed by atoms with Crippen molar-refractivity contribution in [1.82, 2.24) is 5.32 Å². The van der Waals surface area contributed by atoms with Gasteiger partial charge in [-0.05, 0) is 49.6 Å². The summed E-state index contributed by atoms with van der Waals surface area (Å²) in [6.45, 7) is 5.64. The van der Waals surface area contributed by atoms with Gasteiger partial charge >= 0.3 is 0 Å². The third-order valence-electron chi connectivity index (χ3n) is 3.74. The van der Waals surface area contributed by atoms with Crippen molar-refractivity contribution in [3.63, 3.8) is 0 Å². The molecule has 0 aliphatic carbocycles. The van der Waals surface area contributed by atoms with Crippen LogP contribution in [0.1, 0.15) is 35.3 Å². The van der Waals surface area contributed by atoms with Gasteiger partial charge in [-0.3, -0.25) is 9.59 Å². The Balaban J connectivity index is 2.00. The number of benzene rings is 2. The van der Waals surface area contributed by atoms with Crippen LogP contribution in [0.2, 0.25) is 0 Å². The van der Waals surface area contributed by atoms with Gasteiger partial charge in [0.15, 0.2) is 0 Å². The van der Waals surface area contributed by atoms with Crippen molar-refractivity contribution in [2.24, 2.45) is 0 Å². The lowest BCUT2D eigenvalue weighted by Crippen LogP contribution is -2.41. The van der Waals surface area contributed by atoms with Gasteiger partial charge in [0.1, 0.15) is 6.04 Å². The van der Waals surface area contributed by atoms with E-state index in [4.69, 9.17) is 0 Å². The zero-order valence-electron chi connectivity index (χ0n) is 13.7. The molecule has 1 unspecified atom stereocenters. The first-order valence-electron chi connectivity index (χ1n) is 7.77. The molecule has 0 spiro atoms. The molecule has 2 aromatic carbocycles. The number of rotatable bonds is 5. The van der Waals surface area contributed by atoms with Gasteiger partial charge in [0.2, 0.25) is 5.91 Å². The molecule has 0 saturated heterocycles. The maximum Gasteiger partial charge on any atom is 0.251 e. The first-order chi connectivity index (χ1) is 11.0. The van der Waals surface area contributed by atoms with E-state index in [1.165, 1.54) is 0 Å². The number of carbonyl (C=O) groups is 2. The fourth-order valence-electron chi connectivity index (χ4n) is 2.23. The Hall–Kier alpha value is -2.62. The van der Waals surface area contributed by atoms with Crippen molar-refractivity contribution in [1.29, 1.82) is 0 Å². The molecule has 120 valence electrons. The number of aryl methyl sites for hydroxylation is 2. The predicted octanol–water partition coefficient (Wildman–Crippen LogP) is 3.31. The molecule has 2 N–H and O–H groups in total. The molecule has 4 nitrogen and oxygen atoms in total. The number of hydrogen-bond donors (Lipinski definition) is 2. The lowest BCUT2D eigenvalue weighted by molar-refractivity contribution is -0.117. The second kappa shape index (κ2) is 7.58. The van der Waals surface area contributed by atoms with Crippen LogP contribution >= 0.6 is 0 Å². The van der Waals surface area contributed by atoms with Crippen LogP contribution in [0.4, 0.5) is 5.69 Å². The smallest absolute Gasteiger partial charge is 0.251 e. The summed E-state index contributed by atoms with van der Waals surface area (Å²) in [7, 11) is 0. The van der Waals surface area contributed by atoms with E-state index in [1.54, 1.807) is 13.0 Å². The predicted molar refractivity (Wildman–Crippen MR) is 92.6 cm³/mol. The van der Waals surface area contributed by atoms with Gasteiger partial charge in [-0.1, -0.05) is 37.3 Å². The van der Waals surface area contributed by atoms with E-state index in [2.05, 4.69) is 10.6 Å². The highest BCUT2D eigenvalue weighted by Gasteiger charge is 2.17. The summed E-state index contributed by atoms with van der Waals surface area (Å²) in [6, 6.07) is 14.4. The maximum atomic E-state index is 12.3. The number of anilines is 1. The Kier molecular flexibility index (Phi) is 5.52. The molecule has 0 heterocycles. The molecule has 0 aromatic heterocycles. The molecule has 2 rings (SSSR count). The summed E-state index contributed by atoms with van der Waals surface area (Å²) in [6.07, 6.45) is 0.866. The van der Waals surface area contributed by atoms with Gasteiger partial charge in [-0.2, -0.15) is 0 Å². The number of para-hydroxylation sites is 1. The molecule has 0 radical (unpaired) electrons. The van der Waals surface area contributed by atoms with E-state index < -0.39 is 6.04 Å². The van der Waals surface area contributed by atoms with Crippen LogP contribution in [0.3, 0.4) is 0 Å². The normalized spacial score (nSPS) is 11.6. The largest absolute Gasteiger partial charge is 0.341 e. The quantitative estimate of drug-likeness (QED) is 0.890. The molecule has 0 saturated carbocycles. The minimum Gasteiger partial charge on any atom is -0.341 e. The summed E-state index contributed by atoms with van der Waals surface area (Å²) in [5.74, 6) is -0.480. The molecule has 0 fully saturated rings. The van der Waals surface area contributed by atoms with E-state index in [0.717, 1.165) is 23.2 Å². The van der Waals surface area contributed by atoms with E-state index >= 15 is 0 Å². The topological polar surface area (TPSA) is 58.2 Å². The molecule has 0 aliphatic rings. The number of hydrogen-bond acceptors (Lipinski definition) is 2. The number of carbonyl (C=O) groups excluding carboxylic acids is 2. The van der Waals surface area contributed by atoms with Gasteiger partial charge in [-0.25, -0.2) is 0 Å². The molecule has 2 amide bonds. The van der Waals surface area contributed by atoms with Crippen LogP contribution in [0.5, 0.6) is 0 Å². The lowest BCUT2D eigenvalue weighted by Gasteiger charge is -2.15. The molecule has 0 bridgehead atoms.